The molecule has 13 heavy (non-hydrogen) atoms. The van der Waals surface area contributed by atoms with E-state index in [9.17, 15) is 0 Å². The van der Waals surface area contributed by atoms with Crippen LogP contribution in [0.2, 0.25) is 0 Å². The van der Waals surface area contributed by atoms with Crippen molar-refractivity contribution < 1.29 is 0 Å². The molecule has 2 aromatic heterocycles. The molecule has 0 saturated heterocycles. The van der Waals surface area contributed by atoms with Crippen LogP contribution >= 0.6 is 22.9 Å². The van der Waals surface area contributed by atoms with Crippen LogP contribution < -0.4 is 0 Å². The summed E-state index contributed by atoms with van der Waals surface area (Å²) in [6.45, 7) is 2.01. The lowest BCUT2D eigenvalue weighted by atomic mass is 10.3. The molecule has 2 heterocycles. The van der Waals surface area contributed by atoms with E-state index < -0.39 is 0 Å². The highest BCUT2D eigenvalue weighted by Gasteiger charge is 2.07. The highest BCUT2D eigenvalue weighted by atomic mass is 32.1. The summed E-state index contributed by atoms with van der Waals surface area (Å²) >= 11 is 3.11. The summed E-state index contributed by atoms with van der Waals surface area (Å²) in [5.41, 5.74) is 1.93. The van der Waals surface area contributed by atoms with Gasteiger partial charge in [0.1, 0.15) is 11.0 Å². The van der Waals surface area contributed by atoms with E-state index in [1.807, 2.05) is 6.92 Å². The molecular weight excluding hydrogens is 202 g/mol. The van der Waals surface area contributed by atoms with Gasteiger partial charge in [0.05, 0.1) is 14.4 Å². The number of benzene rings is 1. The lowest BCUT2D eigenvalue weighted by molar-refractivity contribution is 1.20. The first kappa shape index (κ1) is 7.34. The molecule has 3 rings (SSSR count). The van der Waals surface area contributed by atoms with Crippen LogP contribution in [0.4, 0.5) is 0 Å². The fourth-order valence-electron chi connectivity index (χ4n) is 1.35. The van der Waals surface area contributed by atoms with E-state index in [2.05, 4.69) is 26.7 Å². The minimum absolute atomic E-state index is 0.937. The number of fused-ring (bicyclic) bond motifs is 3. The van der Waals surface area contributed by atoms with Crippen LogP contribution in [0, 0.1) is 6.92 Å². The molecule has 0 unspecified atom stereocenters. The average Bonchev–Trinajstić information content (AvgIpc) is 2.65. The molecule has 64 valence electrons. The first-order valence-corrected chi connectivity index (χ1v) is 5.42. The summed E-state index contributed by atoms with van der Waals surface area (Å²) in [7, 11) is 0. The predicted octanol–water partition coefficient (Wildman–Crippen LogP) is 2.61. The number of hydrogen-bond acceptors (Lipinski definition) is 5. The van der Waals surface area contributed by atoms with Crippen molar-refractivity contribution in [3.8, 4) is 0 Å². The third-order valence-electron chi connectivity index (χ3n) is 1.88. The number of thiazole rings is 1. The first-order chi connectivity index (χ1) is 6.34. The fraction of sp³-hybridized carbons (Fsp3) is 0.125. The van der Waals surface area contributed by atoms with E-state index in [4.69, 9.17) is 0 Å². The average molecular weight is 207 g/mol. The van der Waals surface area contributed by atoms with Crippen LogP contribution in [0.25, 0.3) is 20.4 Å². The van der Waals surface area contributed by atoms with Crippen molar-refractivity contribution in [3.63, 3.8) is 0 Å². The van der Waals surface area contributed by atoms with Crippen LogP contribution in [0.3, 0.4) is 0 Å². The zero-order valence-electron chi connectivity index (χ0n) is 6.81. The van der Waals surface area contributed by atoms with Crippen LogP contribution in [-0.4, -0.2) is 14.6 Å². The van der Waals surface area contributed by atoms with Crippen LogP contribution in [0.5, 0.6) is 0 Å². The van der Waals surface area contributed by atoms with E-state index in [0.717, 1.165) is 20.7 Å². The molecule has 0 N–H and O–H groups in total. The van der Waals surface area contributed by atoms with Crippen LogP contribution in [0.15, 0.2) is 12.1 Å². The topological polar surface area (TPSA) is 38.7 Å². The third-order valence-corrected chi connectivity index (χ3v) is 3.51. The number of nitrogens with zero attached hydrogens (tertiary/aromatic N) is 3. The second-order valence-electron chi connectivity index (χ2n) is 2.76. The van der Waals surface area contributed by atoms with Crippen LogP contribution in [-0.2, 0) is 0 Å². The molecule has 5 heteroatoms. The van der Waals surface area contributed by atoms with E-state index in [0.29, 0.717) is 0 Å². The molecule has 0 saturated carbocycles. The van der Waals surface area contributed by atoms with Crippen molar-refractivity contribution in [1.82, 2.24) is 14.6 Å². The standard InChI is InChI=1S/C8H5N3S2/c1-4-9-7-5(12-4)2-3-6-8(7)10-11-13-6/h2-3H,1H3. The Bertz CT molecular complexity index is 581. The predicted molar refractivity (Wildman–Crippen MR) is 55.3 cm³/mol. The monoisotopic (exact) mass is 207 g/mol. The van der Waals surface area contributed by atoms with Crippen molar-refractivity contribution in [2.45, 2.75) is 6.92 Å². The van der Waals surface area contributed by atoms with Gasteiger partial charge in [0.2, 0.25) is 0 Å². The number of rotatable bonds is 0. The summed E-state index contributed by atoms with van der Waals surface area (Å²) in [5.74, 6) is 0. The first-order valence-electron chi connectivity index (χ1n) is 3.83. The Morgan fingerprint density at radius 3 is 2.92 bits per heavy atom. The van der Waals surface area contributed by atoms with Gasteiger partial charge in [-0.25, -0.2) is 4.98 Å². The van der Waals surface area contributed by atoms with Crippen molar-refractivity contribution in [1.29, 1.82) is 0 Å². The number of aryl methyl sites for hydroxylation is 1. The van der Waals surface area contributed by atoms with Crippen molar-refractivity contribution in [2.75, 3.05) is 0 Å². The molecule has 3 nitrogen and oxygen atoms in total. The van der Waals surface area contributed by atoms with Crippen molar-refractivity contribution in [2.24, 2.45) is 0 Å². The van der Waals surface area contributed by atoms with E-state index in [1.54, 1.807) is 11.3 Å². The smallest absolute Gasteiger partial charge is 0.133 e. The van der Waals surface area contributed by atoms with Gasteiger partial charge in [0.25, 0.3) is 0 Å². The van der Waals surface area contributed by atoms with Gasteiger partial charge in [-0.2, -0.15) is 0 Å². The zero-order chi connectivity index (χ0) is 8.84. The molecule has 0 aliphatic carbocycles. The Morgan fingerprint density at radius 1 is 1.15 bits per heavy atom. The second-order valence-corrected chi connectivity index (χ2v) is 4.79. The zero-order valence-corrected chi connectivity index (χ0v) is 8.45. The molecule has 0 aliphatic rings. The minimum atomic E-state index is 0.937. The van der Waals surface area contributed by atoms with E-state index in [-0.39, 0.29) is 0 Å². The van der Waals surface area contributed by atoms with Gasteiger partial charge in [-0.1, -0.05) is 4.49 Å². The van der Waals surface area contributed by atoms with Gasteiger partial charge in [0, 0.05) is 0 Å². The molecule has 3 aromatic rings. The SMILES string of the molecule is Cc1nc2c(ccc3snnc32)s1. The van der Waals surface area contributed by atoms with Gasteiger partial charge in [-0.15, -0.1) is 16.4 Å². The summed E-state index contributed by atoms with van der Waals surface area (Å²) in [4.78, 5) is 4.44. The molecule has 0 bridgehead atoms. The third kappa shape index (κ3) is 0.973. The van der Waals surface area contributed by atoms with Crippen LogP contribution in [0.1, 0.15) is 5.01 Å². The fourth-order valence-corrected chi connectivity index (χ4v) is 2.74. The maximum absolute atomic E-state index is 4.44. The summed E-state index contributed by atoms with van der Waals surface area (Å²) < 4.78 is 6.22. The number of hydrogen-bond donors (Lipinski definition) is 0. The Kier molecular flexibility index (Phi) is 1.39. The molecule has 0 aliphatic heterocycles. The highest BCUT2D eigenvalue weighted by molar-refractivity contribution is 7.19. The molecule has 0 radical (unpaired) electrons. The Morgan fingerprint density at radius 2 is 2.00 bits per heavy atom. The summed E-state index contributed by atoms with van der Waals surface area (Å²) in [5, 5.41) is 5.15. The maximum Gasteiger partial charge on any atom is 0.133 e. The van der Waals surface area contributed by atoms with Gasteiger partial charge in [-0.3, -0.25) is 0 Å². The van der Waals surface area contributed by atoms with Gasteiger partial charge in [-0.05, 0) is 30.6 Å². The Hall–Kier alpha value is -1.07. The van der Waals surface area contributed by atoms with E-state index >= 15 is 0 Å². The Labute approximate surface area is 82.2 Å². The maximum atomic E-state index is 4.44. The lowest BCUT2D eigenvalue weighted by Gasteiger charge is -1.85. The minimum Gasteiger partial charge on any atom is -0.239 e. The highest BCUT2D eigenvalue weighted by Crippen LogP contribution is 2.28. The quantitative estimate of drug-likeness (QED) is 0.568. The van der Waals surface area contributed by atoms with Gasteiger partial charge < -0.3 is 0 Å². The van der Waals surface area contributed by atoms with Gasteiger partial charge >= 0.3 is 0 Å². The summed E-state index contributed by atoms with van der Waals surface area (Å²) in [6, 6.07) is 4.14. The second kappa shape index (κ2) is 2.46. The molecule has 0 atom stereocenters. The van der Waals surface area contributed by atoms with Crippen molar-refractivity contribution in [3.05, 3.63) is 17.1 Å². The molecular formula is C8H5N3S2. The van der Waals surface area contributed by atoms with E-state index in [1.165, 1.54) is 16.2 Å². The number of aromatic nitrogens is 3. The van der Waals surface area contributed by atoms with Crippen molar-refractivity contribution >= 4 is 43.3 Å². The van der Waals surface area contributed by atoms with Gasteiger partial charge in [0.15, 0.2) is 0 Å². The molecule has 0 amide bonds. The summed E-state index contributed by atoms with van der Waals surface area (Å²) in [6.07, 6.45) is 0. The molecule has 0 fully saturated rings. The normalized spacial score (nSPS) is 11.5. The molecule has 0 spiro atoms. The molecule has 1 aromatic carbocycles. The Balaban J connectivity index is 2.64. The largest absolute Gasteiger partial charge is 0.239 e. The lowest BCUT2D eigenvalue weighted by Crippen LogP contribution is -1.73.